The molecule has 0 N–H and O–H groups in total. The number of benzene rings is 5. The Morgan fingerprint density at radius 2 is 0.659 bits per heavy atom. The quantitative estimate of drug-likeness (QED) is 0.165. The predicted octanol–water partition coefficient (Wildman–Crippen LogP) is 11.5. The Morgan fingerprint density at radius 1 is 0.366 bits per heavy atom. The summed E-state index contributed by atoms with van der Waals surface area (Å²) in [6.07, 6.45) is 5.83. The van der Waals surface area contributed by atoms with Crippen molar-refractivity contribution < 1.29 is 0 Å². The molecule has 0 bridgehead atoms. The molecule has 0 saturated heterocycles. The van der Waals surface area contributed by atoms with Crippen LogP contribution < -0.4 is 9.80 Å². The Kier molecular flexibility index (Phi) is 9.21. The molecule has 2 nitrogen and oxygen atoms in total. The lowest BCUT2D eigenvalue weighted by Gasteiger charge is -2.28. The first-order valence-electron chi connectivity index (χ1n) is 15.1. The molecule has 0 aliphatic carbocycles. The van der Waals surface area contributed by atoms with E-state index in [-0.39, 0.29) is 0 Å². The van der Waals surface area contributed by atoms with E-state index in [2.05, 4.69) is 159 Å². The highest BCUT2D eigenvalue weighted by atomic mass is 15.2. The van der Waals surface area contributed by atoms with Crippen molar-refractivity contribution in [3.05, 3.63) is 144 Å². The third-order valence-electron chi connectivity index (χ3n) is 7.70. The van der Waals surface area contributed by atoms with E-state index >= 15 is 0 Å². The molecular weight excluding hydrogens is 496 g/mol. The van der Waals surface area contributed by atoms with Crippen LogP contribution in [-0.2, 0) is 12.8 Å². The van der Waals surface area contributed by atoms with Gasteiger partial charge in [0.2, 0.25) is 0 Å². The molecule has 0 amide bonds. The third-order valence-corrected chi connectivity index (χ3v) is 7.70. The fourth-order valence-electron chi connectivity index (χ4n) is 5.33. The maximum Gasteiger partial charge on any atom is 0.0463 e. The summed E-state index contributed by atoms with van der Waals surface area (Å²) >= 11 is 0. The zero-order valence-electron chi connectivity index (χ0n) is 25.0. The molecule has 208 valence electrons. The van der Waals surface area contributed by atoms with Gasteiger partial charge >= 0.3 is 0 Å². The van der Waals surface area contributed by atoms with Crippen molar-refractivity contribution >= 4 is 34.1 Å². The summed E-state index contributed by atoms with van der Waals surface area (Å²) in [5.41, 5.74) is 12.2. The minimum atomic E-state index is 1.11. The standard InChI is InChI=1S/C39H42N2/c1-5-7-9-33-16-24-37(25-17-33)41(36-22-14-32(8-6-2)15-23-36)39-28-26-38(27-29-39)40(34-18-10-30(3)11-19-34)35-20-12-31(4)13-21-35/h10-29H,5-9H2,1-4H3. The number of rotatable bonds is 11. The second-order valence-electron chi connectivity index (χ2n) is 11.0. The highest BCUT2D eigenvalue weighted by Crippen LogP contribution is 2.39. The smallest absolute Gasteiger partial charge is 0.0463 e. The van der Waals surface area contributed by atoms with Crippen LogP contribution in [0.4, 0.5) is 34.1 Å². The van der Waals surface area contributed by atoms with Crippen molar-refractivity contribution in [1.82, 2.24) is 0 Å². The molecule has 0 saturated carbocycles. The highest BCUT2D eigenvalue weighted by Gasteiger charge is 2.16. The predicted molar refractivity (Wildman–Crippen MR) is 178 cm³/mol. The summed E-state index contributed by atoms with van der Waals surface area (Å²) in [6, 6.07) is 44.7. The SMILES string of the molecule is CCCCc1ccc(N(c2ccc(CCC)cc2)c2ccc(N(c3ccc(C)cc3)c3ccc(C)cc3)cc2)cc1. The second-order valence-corrected chi connectivity index (χ2v) is 11.0. The van der Waals surface area contributed by atoms with E-state index in [1.54, 1.807) is 0 Å². The molecule has 0 aliphatic heterocycles. The molecule has 2 heteroatoms. The summed E-state index contributed by atoms with van der Waals surface area (Å²) in [5.74, 6) is 0. The number of anilines is 6. The molecule has 0 fully saturated rings. The second kappa shape index (κ2) is 13.4. The lowest BCUT2D eigenvalue weighted by molar-refractivity contribution is 0.795. The van der Waals surface area contributed by atoms with E-state index < -0.39 is 0 Å². The van der Waals surface area contributed by atoms with Crippen LogP contribution in [-0.4, -0.2) is 0 Å². The summed E-state index contributed by atoms with van der Waals surface area (Å²) in [6.45, 7) is 8.75. The van der Waals surface area contributed by atoms with Gasteiger partial charge in [-0.15, -0.1) is 0 Å². The van der Waals surface area contributed by atoms with Gasteiger partial charge in [0, 0.05) is 34.1 Å². The monoisotopic (exact) mass is 538 g/mol. The van der Waals surface area contributed by atoms with Gasteiger partial charge in [0.15, 0.2) is 0 Å². The Balaban J connectivity index is 1.53. The number of aryl methyl sites for hydroxylation is 4. The van der Waals surface area contributed by atoms with E-state index in [0.717, 1.165) is 42.0 Å². The average molecular weight is 539 g/mol. The zero-order valence-corrected chi connectivity index (χ0v) is 25.0. The molecule has 0 radical (unpaired) electrons. The van der Waals surface area contributed by atoms with Gasteiger partial charge < -0.3 is 9.80 Å². The van der Waals surface area contributed by atoms with Crippen LogP contribution in [0, 0.1) is 13.8 Å². The Bertz CT molecular complexity index is 1450. The van der Waals surface area contributed by atoms with Crippen LogP contribution in [0.15, 0.2) is 121 Å². The fourth-order valence-corrected chi connectivity index (χ4v) is 5.33. The molecule has 0 spiro atoms. The third kappa shape index (κ3) is 6.89. The molecule has 5 rings (SSSR count). The lowest BCUT2D eigenvalue weighted by Crippen LogP contribution is -2.12. The van der Waals surface area contributed by atoms with Gasteiger partial charge in [-0.2, -0.15) is 0 Å². The first kappa shape index (κ1) is 28.2. The largest absolute Gasteiger partial charge is 0.311 e. The number of unbranched alkanes of at least 4 members (excludes halogenated alkanes) is 1. The fraction of sp³-hybridized carbons (Fsp3) is 0.231. The summed E-state index contributed by atoms with van der Waals surface area (Å²) < 4.78 is 0. The number of nitrogens with zero attached hydrogens (tertiary/aromatic N) is 2. The van der Waals surface area contributed by atoms with Gasteiger partial charge in [0.25, 0.3) is 0 Å². The highest BCUT2D eigenvalue weighted by molar-refractivity contribution is 5.81. The average Bonchev–Trinajstić information content (AvgIpc) is 3.01. The minimum Gasteiger partial charge on any atom is -0.311 e. The Hall–Kier alpha value is -4.30. The maximum atomic E-state index is 2.37. The van der Waals surface area contributed by atoms with E-state index in [4.69, 9.17) is 0 Å². The molecule has 41 heavy (non-hydrogen) atoms. The van der Waals surface area contributed by atoms with Crippen molar-refractivity contribution in [2.45, 2.75) is 59.8 Å². The first-order chi connectivity index (χ1) is 20.1. The van der Waals surface area contributed by atoms with Gasteiger partial charge in [0.05, 0.1) is 0 Å². The van der Waals surface area contributed by atoms with Gasteiger partial charge in [-0.1, -0.05) is 86.3 Å². The van der Waals surface area contributed by atoms with E-state index in [0.29, 0.717) is 0 Å². The first-order valence-corrected chi connectivity index (χ1v) is 15.1. The van der Waals surface area contributed by atoms with Crippen molar-refractivity contribution in [3.63, 3.8) is 0 Å². The molecule has 0 heterocycles. The number of hydrogen-bond acceptors (Lipinski definition) is 2. The molecule has 5 aromatic rings. The lowest BCUT2D eigenvalue weighted by atomic mass is 10.1. The van der Waals surface area contributed by atoms with E-state index in [1.807, 2.05) is 0 Å². The van der Waals surface area contributed by atoms with Gasteiger partial charge in [-0.05, 0) is 117 Å². The van der Waals surface area contributed by atoms with Gasteiger partial charge in [-0.25, -0.2) is 0 Å². The topological polar surface area (TPSA) is 6.48 Å². The molecule has 0 unspecified atom stereocenters. The molecule has 0 atom stereocenters. The van der Waals surface area contributed by atoms with Gasteiger partial charge in [-0.3, -0.25) is 0 Å². The molecular formula is C39H42N2. The molecule has 0 aliphatic rings. The van der Waals surface area contributed by atoms with Crippen molar-refractivity contribution in [1.29, 1.82) is 0 Å². The minimum absolute atomic E-state index is 1.11. The zero-order chi connectivity index (χ0) is 28.6. The van der Waals surface area contributed by atoms with Crippen LogP contribution in [0.5, 0.6) is 0 Å². The molecule has 0 aromatic heterocycles. The van der Waals surface area contributed by atoms with Crippen LogP contribution in [0.3, 0.4) is 0 Å². The Labute approximate surface area is 246 Å². The Morgan fingerprint density at radius 3 is 0.976 bits per heavy atom. The van der Waals surface area contributed by atoms with E-state index in [1.165, 1.54) is 46.5 Å². The van der Waals surface area contributed by atoms with Crippen molar-refractivity contribution in [2.75, 3.05) is 9.80 Å². The normalized spacial score (nSPS) is 10.9. The van der Waals surface area contributed by atoms with Crippen LogP contribution >= 0.6 is 0 Å². The maximum absolute atomic E-state index is 2.37. The van der Waals surface area contributed by atoms with E-state index in [9.17, 15) is 0 Å². The van der Waals surface area contributed by atoms with Crippen LogP contribution in [0.25, 0.3) is 0 Å². The summed E-state index contributed by atoms with van der Waals surface area (Å²) in [4.78, 5) is 4.69. The van der Waals surface area contributed by atoms with Crippen molar-refractivity contribution in [3.8, 4) is 0 Å². The van der Waals surface area contributed by atoms with Crippen molar-refractivity contribution in [2.24, 2.45) is 0 Å². The number of hydrogen-bond donors (Lipinski definition) is 0. The summed E-state index contributed by atoms with van der Waals surface area (Å²) in [7, 11) is 0. The molecule has 5 aromatic carbocycles. The van der Waals surface area contributed by atoms with Crippen LogP contribution in [0.2, 0.25) is 0 Å². The summed E-state index contributed by atoms with van der Waals surface area (Å²) in [5, 5.41) is 0. The van der Waals surface area contributed by atoms with Gasteiger partial charge in [0.1, 0.15) is 0 Å². The van der Waals surface area contributed by atoms with Crippen LogP contribution in [0.1, 0.15) is 55.4 Å².